The van der Waals surface area contributed by atoms with Crippen LogP contribution in [0, 0.1) is 6.92 Å². The highest BCUT2D eigenvalue weighted by atomic mass is 16.5. The Morgan fingerprint density at radius 2 is 1.44 bits per heavy atom. The molecule has 0 bridgehead atoms. The van der Waals surface area contributed by atoms with Gasteiger partial charge < -0.3 is 19.4 Å². The minimum atomic E-state index is -0.0833. The first-order valence-electron chi connectivity index (χ1n) is 13.3. The molecule has 1 aromatic heterocycles. The maximum atomic E-state index is 12.3. The predicted octanol–water partition coefficient (Wildman–Crippen LogP) is 6.99. The lowest BCUT2D eigenvalue weighted by Crippen LogP contribution is -2.30. The molecule has 3 aromatic carbocycles. The molecule has 6 nitrogen and oxygen atoms in total. The van der Waals surface area contributed by atoms with E-state index in [9.17, 15) is 9.59 Å². The largest absolute Gasteiger partial charge is 0.497 e. The zero-order valence-electron chi connectivity index (χ0n) is 24.3. The van der Waals surface area contributed by atoms with E-state index < -0.39 is 0 Å². The second kappa shape index (κ2) is 12.7. The molecule has 0 radical (unpaired) electrons. The molecule has 0 atom stereocenters. The van der Waals surface area contributed by atoms with E-state index in [4.69, 9.17) is 9.47 Å². The van der Waals surface area contributed by atoms with Gasteiger partial charge in [-0.2, -0.15) is 0 Å². The number of aromatic amines is 1. The van der Waals surface area contributed by atoms with Crippen molar-refractivity contribution in [1.82, 2.24) is 9.88 Å². The van der Waals surface area contributed by atoms with Crippen LogP contribution in [0.3, 0.4) is 0 Å². The molecular formula is C33H40N2O4. The number of fused-ring (bicyclic) bond motifs is 1. The Labute approximate surface area is 231 Å². The van der Waals surface area contributed by atoms with Gasteiger partial charge in [0.2, 0.25) is 0 Å². The summed E-state index contributed by atoms with van der Waals surface area (Å²) < 4.78 is 10.4. The first-order valence-corrected chi connectivity index (χ1v) is 13.3. The highest BCUT2D eigenvalue weighted by Crippen LogP contribution is 2.27. The third-order valence-electron chi connectivity index (χ3n) is 6.83. The lowest BCUT2D eigenvalue weighted by Gasteiger charge is -2.19. The van der Waals surface area contributed by atoms with Crippen molar-refractivity contribution < 1.29 is 14.3 Å². The molecule has 0 saturated heterocycles. The van der Waals surface area contributed by atoms with Gasteiger partial charge in [-0.25, -0.2) is 0 Å². The lowest BCUT2D eigenvalue weighted by molar-refractivity contribution is 0.0772. The molecule has 1 amide bonds. The lowest BCUT2D eigenvalue weighted by atomic mass is 9.86. The molecular weight excluding hydrogens is 488 g/mol. The first kappa shape index (κ1) is 29.5. The minimum Gasteiger partial charge on any atom is -0.497 e. The Morgan fingerprint density at radius 1 is 0.846 bits per heavy atom. The maximum absolute atomic E-state index is 12.3. The summed E-state index contributed by atoms with van der Waals surface area (Å²) in [7, 11) is 3.25. The van der Waals surface area contributed by atoms with Crippen LogP contribution in [-0.2, 0) is 5.41 Å². The number of carbonyl (C=O) groups excluding carboxylic acids is 1. The molecule has 0 aliphatic carbocycles. The molecule has 0 unspecified atom stereocenters. The predicted molar refractivity (Wildman–Crippen MR) is 160 cm³/mol. The standard InChI is InChI=1S/C20H21NO2.C13H19NO2/c1-20(2,3)15-7-5-13(6-8-15)18-12-14-11-16(23-4)9-10-17(14)19(22)21-18;1-5-14(6-2)13(15)12-8-7-11(16-4)9-10(12)3/h5-12H,1-4H3,(H,21,22);7-9H,5-6H2,1-4H3. The summed E-state index contributed by atoms with van der Waals surface area (Å²) in [6.45, 7) is 13.9. The summed E-state index contributed by atoms with van der Waals surface area (Å²) in [6.07, 6.45) is 0. The number of aryl methyl sites for hydroxylation is 1. The maximum Gasteiger partial charge on any atom is 0.256 e. The van der Waals surface area contributed by atoms with Crippen molar-refractivity contribution in [3.63, 3.8) is 0 Å². The van der Waals surface area contributed by atoms with Crippen LogP contribution in [0.1, 0.15) is 56.1 Å². The van der Waals surface area contributed by atoms with Gasteiger partial charge in [0.1, 0.15) is 11.5 Å². The molecule has 0 saturated carbocycles. The minimum absolute atomic E-state index is 0.0833. The fraction of sp³-hybridized carbons (Fsp3) is 0.333. The van der Waals surface area contributed by atoms with Crippen molar-refractivity contribution >= 4 is 16.7 Å². The zero-order valence-corrected chi connectivity index (χ0v) is 24.3. The van der Waals surface area contributed by atoms with Crippen molar-refractivity contribution in [3.8, 4) is 22.8 Å². The molecule has 39 heavy (non-hydrogen) atoms. The number of nitrogens with one attached hydrogen (secondary N) is 1. The highest BCUT2D eigenvalue weighted by molar-refractivity contribution is 5.95. The van der Waals surface area contributed by atoms with Gasteiger partial charge in [0.15, 0.2) is 0 Å². The van der Waals surface area contributed by atoms with Crippen molar-refractivity contribution in [2.75, 3.05) is 27.3 Å². The number of benzene rings is 3. The highest BCUT2D eigenvalue weighted by Gasteiger charge is 2.15. The second-order valence-electron chi connectivity index (χ2n) is 10.5. The van der Waals surface area contributed by atoms with E-state index in [1.165, 1.54) is 5.56 Å². The quantitative estimate of drug-likeness (QED) is 0.293. The molecule has 4 rings (SSSR count). The molecule has 6 heteroatoms. The van der Waals surface area contributed by atoms with Gasteiger partial charge in [-0.15, -0.1) is 0 Å². The summed E-state index contributed by atoms with van der Waals surface area (Å²) in [6, 6.07) is 21.3. The van der Waals surface area contributed by atoms with Gasteiger partial charge in [0, 0.05) is 29.7 Å². The Kier molecular flexibility index (Phi) is 9.57. The van der Waals surface area contributed by atoms with Crippen LogP contribution in [0.2, 0.25) is 0 Å². The van der Waals surface area contributed by atoms with Gasteiger partial charge >= 0.3 is 0 Å². The number of carbonyl (C=O) groups is 1. The van der Waals surface area contributed by atoms with Crippen molar-refractivity contribution in [3.05, 3.63) is 93.8 Å². The third-order valence-corrected chi connectivity index (χ3v) is 6.83. The van der Waals surface area contributed by atoms with Gasteiger partial charge in [0.25, 0.3) is 11.5 Å². The molecule has 1 heterocycles. The zero-order chi connectivity index (χ0) is 28.7. The number of ether oxygens (including phenoxy) is 2. The Morgan fingerprint density at radius 3 is 1.97 bits per heavy atom. The topological polar surface area (TPSA) is 71.6 Å². The molecule has 0 spiro atoms. The monoisotopic (exact) mass is 528 g/mol. The summed E-state index contributed by atoms with van der Waals surface area (Å²) in [5.74, 6) is 1.62. The molecule has 0 aliphatic rings. The van der Waals surface area contributed by atoms with E-state index in [0.717, 1.165) is 52.4 Å². The molecule has 206 valence electrons. The number of nitrogens with zero attached hydrogens (tertiary/aromatic N) is 1. The van der Waals surface area contributed by atoms with Crippen LogP contribution in [0.5, 0.6) is 11.5 Å². The number of hydrogen-bond acceptors (Lipinski definition) is 4. The van der Waals surface area contributed by atoms with Crippen molar-refractivity contribution in [2.45, 2.75) is 47.0 Å². The number of pyridine rings is 1. The normalized spacial score (nSPS) is 11.0. The van der Waals surface area contributed by atoms with Gasteiger partial charge in [-0.1, -0.05) is 45.0 Å². The summed E-state index contributed by atoms with van der Waals surface area (Å²) in [4.78, 5) is 29.2. The van der Waals surface area contributed by atoms with Gasteiger partial charge in [-0.05, 0) is 90.7 Å². The van der Waals surface area contributed by atoms with Crippen LogP contribution in [0.4, 0.5) is 0 Å². The van der Waals surface area contributed by atoms with Crippen molar-refractivity contribution in [2.24, 2.45) is 0 Å². The number of aromatic nitrogens is 1. The van der Waals surface area contributed by atoms with Gasteiger partial charge in [0.05, 0.1) is 14.2 Å². The number of methoxy groups -OCH3 is 2. The van der Waals surface area contributed by atoms with E-state index in [2.05, 4.69) is 50.0 Å². The second-order valence-corrected chi connectivity index (χ2v) is 10.5. The molecule has 0 aliphatic heterocycles. The Balaban J connectivity index is 0.000000231. The fourth-order valence-corrected chi connectivity index (χ4v) is 4.36. The first-order chi connectivity index (χ1) is 18.5. The van der Waals surface area contributed by atoms with Crippen LogP contribution in [0.25, 0.3) is 22.0 Å². The molecule has 4 aromatic rings. The number of rotatable bonds is 6. The van der Waals surface area contributed by atoms with Gasteiger partial charge in [-0.3, -0.25) is 9.59 Å². The number of amides is 1. The average molecular weight is 529 g/mol. The van der Waals surface area contributed by atoms with Crippen LogP contribution in [-0.4, -0.2) is 43.1 Å². The number of hydrogen-bond donors (Lipinski definition) is 1. The van der Waals surface area contributed by atoms with E-state index in [0.29, 0.717) is 5.39 Å². The van der Waals surface area contributed by atoms with Crippen molar-refractivity contribution in [1.29, 1.82) is 0 Å². The van der Waals surface area contributed by atoms with E-state index >= 15 is 0 Å². The van der Waals surface area contributed by atoms with Crippen LogP contribution < -0.4 is 15.0 Å². The smallest absolute Gasteiger partial charge is 0.256 e. The average Bonchev–Trinajstić information content (AvgIpc) is 2.93. The van der Waals surface area contributed by atoms with E-state index in [1.54, 1.807) is 26.4 Å². The SMILES string of the molecule is CCN(CC)C(=O)c1ccc(OC)cc1C.COc1ccc2c(=O)[nH]c(-c3ccc(C(C)(C)C)cc3)cc2c1. The number of H-pyrrole nitrogens is 1. The summed E-state index contributed by atoms with van der Waals surface area (Å²) in [5.41, 5.74) is 4.82. The summed E-state index contributed by atoms with van der Waals surface area (Å²) >= 11 is 0. The third kappa shape index (κ3) is 7.08. The van der Waals surface area contributed by atoms with Crippen LogP contribution >= 0.6 is 0 Å². The van der Waals surface area contributed by atoms with E-state index in [-0.39, 0.29) is 16.9 Å². The Hall–Kier alpha value is -4.06. The van der Waals surface area contributed by atoms with Crippen LogP contribution in [0.15, 0.2) is 71.5 Å². The Bertz CT molecular complexity index is 1480. The van der Waals surface area contributed by atoms with E-state index in [1.807, 2.05) is 56.0 Å². The molecule has 1 N–H and O–H groups in total. The summed E-state index contributed by atoms with van der Waals surface area (Å²) in [5, 5.41) is 1.55. The molecule has 0 fully saturated rings. The fourth-order valence-electron chi connectivity index (χ4n) is 4.36.